The van der Waals surface area contributed by atoms with Crippen molar-refractivity contribution in [3.05, 3.63) is 70.9 Å². The van der Waals surface area contributed by atoms with Gasteiger partial charge in [0.15, 0.2) is 5.58 Å². The molecule has 0 spiro atoms. The first kappa shape index (κ1) is 19.6. The quantitative estimate of drug-likeness (QED) is 0.436. The Hall–Kier alpha value is -3.38. The van der Waals surface area contributed by atoms with Gasteiger partial charge in [0.05, 0.1) is 18.2 Å². The highest BCUT2D eigenvalue weighted by Gasteiger charge is 2.25. The minimum atomic E-state index is -0.957. The zero-order chi connectivity index (χ0) is 21.5. The largest absolute Gasteiger partial charge is 0.478 e. The molecule has 4 aromatic rings. The van der Waals surface area contributed by atoms with E-state index in [0.717, 1.165) is 51.8 Å². The van der Waals surface area contributed by atoms with Crippen molar-refractivity contribution in [3.63, 3.8) is 0 Å². The Morgan fingerprint density at radius 1 is 1.23 bits per heavy atom. The summed E-state index contributed by atoms with van der Waals surface area (Å²) in [6.07, 6.45) is 2.82. The molecule has 6 heteroatoms. The summed E-state index contributed by atoms with van der Waals surface area (Å²) in [5, 5.41) is 13.9. The average molecular weight is 416 g/mol. The predicted molar refractivity (Wildman–Crippen MR) is 120 cm³/mol. The summed E-state index contributed by atoms with van der Waals surface area (Å²) in [7, 11) is 0. The highest BCUT2D eigenvalue weighted by atomic mass is 16.5. The van der Waals surface area contributed by atoms with Gasteiger partial charge in [0.25, 0.3) is 0 Å². The van der Waals surface area contributed by atoms with E-state index in [1.165, 1.54) is 0 Å². The number of benzene rings is 2. The van der Waals surface area contributed by atoms with E-state index in [1.54, 1.807) is 18.2 Å². The Morgan fingerprint density at radius 2 is 2.06 bits per heavy atom. The third kappa shape index (κ3) is 3.43. The molecule has 0 saturated carbocycles. The molecule has 5 rings (SSSR count). The van der Waals surface area contributed by atoms with E-state index in [9.17, 15) is 9.90 Å². The minimum Gasteiger partial charge on any atom is -0.478 e. The number of para-hydroxylation sites is 1. The number of furan rings is 1. The standard InChI is InChI=1S/C25H24N2O4/c1-14-11-19(15(2)27-21-6-4-3-5-18(21)25(28)29)23-20(12-14)22-24(31-23)17(7-9-26-22)16-8-10-30-13-16/h3-7,9,11-12,15-16,27H,8,10,13H2,1-2H3,(H,28,29)/t15-,16+/m1/s1. The van der Waals surface area contributed by atoms with E-state index >= 15 is 0 Å². The molecule has 31 heavy (non-hydrogen) atoms. The zero-order valence-corrected chi connectivity index (χ0v) is 17.5. The Morgan fingerprint density at radius 3 is 2.84 bits per heavy atom. The van der Waals surface area contributed by atoms with Crippen molar-refractivity contribution in [3.8, 4) is 0 Å². The molecule has 158 valence electrons. The lowest BCUT2D eigenvalue weighted by atomic mass is 9.98. The van der Waals surface area contributed by atoms with Crippen LogP contribution in [0.15, 0.2) is 53.1 Å². The van der Waals surface area contributed by atoms with Crippen LogP contribution in [0.2, 0.25) is 0 Å². The number of nitrogens with zero attached hydrogens (tertiary/aromatic N) is 1. The molecule has 1 aliphatic heterocycles. The number of carboxylic acids is 1. The fourth-order valence-corrected chi connectivity index (χ4v) is 4.48. The van der Waals surface area contributed by atoms with E-state index in [0.29, 0.717) is 18.2 Å². The molecule has 6 nitrogen and oxygen atoms in total. The average Bonchev–Trinajstić information content (AvgIpc) is 3.41. The van der Waals surface area contributed by atoms with Gasteiger partial charge in [-0.05, 0) is 50.1 Å². The second-order valence-electron chi connectivity index (χ2n) is 8.19. The van der Waals surface area contributed by atoms with Gasteiger partial charge < -0.3 is 19.6 Å². The SMILES string of the molecule is Cc1cc([C@@H](C)Nc2ccccc2C(=O)O)c2oc3c([C@H]4CCOC4)ccnc3c2c1. The van der Waals surface area contributed by atoms with Crippen LogP contribution in [0.4, 0.5) is 5.69 Å². The Balaban J connectivity index is 1.63. The lowest BCUT2D eigenvalue weighted by molar-refractivity contribution is 0.0698. The number of hydrogen-bond acceptors (Lipinski definition) is 5. The smallest absolute Gasteiger partial charge is 0.337 e. The van der Waals surface area contributed by atoms with E-state index in [2.05, 4.69) is 22.4 Å². The van der Waals surface area contributed by atoms with Crippen molar-refractivity contribution in [2.45, 2.75) is 32.2 Å². The first-order valence-electron chi connectivity index (χ1n) is 10.5. The van der Waals surface area contributed by atoms with E-state index in [4.69, 9.17) is 9.15 Å². The number of rotatable bonds is 5. The normalized spacial score (nSPS) is 17.3. The van der Waals surface area contributed by atoms with Crippen LogP contribution in [0.3, 0.4) is 0 Å². The highest BCUT2D eigenvalue weighted by Crippen LogP contribution is 2.39. The second-order valence-corrected chi connectivity index (χ2v) is 8.19. The third-order valence-corrected chi connectivity index (χ3v) is 6.02. The molecule has 0 aliphatic carbocycles. The first-order valence-corrected chi connectivity index (χ1v) is 10.5. The van der Waals surface area contributed by atoms with Gasteiger partial charge in [0, 0.05) is 40.9 Å². The lowest BCUT2D eigenvalue weighted by Gasteiger charge is -2.18. The van der Waals surface area contributed by atoms with Crippen LogP contribution in [0.25, 0.3) is 22.1 Å². The summed E-state index contributed by atoms with van der Waals surface area (Å²) >= 11 is 0. The molecule has 2 atom stereocenters. The van der Waals surface area contributed by atoms with Crippen LogP contribution >= 0.6 is 0 Å². The van der Waals surface area contributed by atoms with Crippen molar-refractivity contribution in [2.24, 2.45) is 0 Å². The molecule has 0 radical (unpaired) electrons. The number of carbonyl (C=O) groups is 1. The molecular weight excluding hydrogens is 392 g/mol. The molecule has 0 amide bonds. The maximum absolute atomic E-state index is 11.6. The number of aryl methyl sites for hydroxylation is 1. The number of hydrogen-bond donors (Lipinski definition) is 2. The molecule has 3 heterocycles. The molecule has 1 aliphatic rings. The van der Waals surface area contributed by atoms with Gasteiger partial charge >= 0.3 is 5.97 Å². The van der Waals surface area contributed by atoms with Gasteiger partial charge in [-0.25, -0.2) is 4.79 Å². The van der Waals surface area contributed by atoms with Crippen LogP contribution in [-0.4, -0.2) is 29.3 Å². The van der Waals surface area contributed by atoms with Gasteiger partial charge in [0.2, 0.25) is 0 Å². The molecule has 1 fully saturated rings. The van der Waals surface area contributed by atoms with Crippen LogP contribution in [0.5, 0.6) is 0 Å². The van der Waals surface area contributed by atoms with Crippen molar-refractivity contribution >= 4 is 33.7 Å². The third-order valence-electron chi connectivity index (χ3n) is 6.02. The molecule has 1 saturated heterocycles. The summed E-state index contributed by atoms with van der Waals surface area (Å²) in [4.78, 5) is 16.2. The maximum atomic E-state index is 11.6. The minimum absolute atomic E-state index is 0.165. The molecule has 0 bridgehead atoms. The monoisotopic (exact) mass is 416 g/mol. The molecule has 2 N–H and O–H groups in total. The summed E-state index contributed by atoms with van der Waals surface area (Å²) in [5.74, 6) is -0.644. The number of pyridine rings is 1. The molecular formula is C25H24N2O4. The summed E-state index contributed by atoms with van der Waals surface area (Å²) in [5.41, 5.74) is 6.50. The van der Waals surface area contributed by atoms with Crippen LogP contribution in [0, 0.1) is 6.92 Å². The van der Waals surface area contributed by atoms with E-state index in [-0.39, 0.29) is 11.6 Å². The number of anilines is 1. The van der Waals surface area contributed by atoms with Crippen molar-refractivity contribution in [1.82, 2.24) is 4.98 Å². The number of nitrogens with one attached hydrogen (secondary N) is 1. The number of ether oxygens (including phenoxy) is 1. The summed E-state index contributed by atoms with van der Waals surface area (Å²) in [6.45, 7) is 5.53. The van der Waals surface area contributed by atoms with Crippen molar-refractivity contribution < 1.29 is 19.1 Å². The zero-order valence-electron chi connectivity index (χ0n) is 17.5. The second kappa shape index (κ2) is 7.71. The number of aromatic carboxylic acids is 1. The maximum Gasteiger partial charge on any atom is 0.337 e. The summed E-state index contributed by atoms with van der Waals surface area (Å²) < 4.78 is 12.0. The number of fused-ring (bicyclic) bond motifs is 3. The van der Waals surface area contributed by atoms with E-state index in [1.807, 2.05) is 32.2 Å². The number of aromatic nitrogens is 1. The Bertz CT molecular complexity index is 1290. The van der Waals surface area contributed by atoms with Gasteiger partial charge in [-0.15, -0.1) is 0 Å². The molecule has 2 aromatic carbocycles. The topological polar surface area (TPSA) is 84.6 Å². The summed E-state index contributed by atoms with van der Waals surface area (Å²) in [6, 6.07) is 13.0. The van der Waals surface area contributed by atoms with Gasteiger partial charge in [-0.3, -0.25) is 4.98 Å². The fraction of sp³-hybridized carbons (Fsp3) is 0.280. The van der Waals surface area contributed by atoms with Crippen molar-refractivity contribution in [1.29, 1.82) is 0 Å². The Labute approximate surface area is 179 Å². The van der Waals surface area contributed by atoms with Crippen LogP contribution < -0.4 is 5.32 Å². The van der Waals surface area contributed by atoms with Gasteiger partial charge in [-0.1, -0.05) is 18.2 Å². The molecule has 2 aromatic heterocycles. The predicted octanol–water partition coefficient (Wildman–Crippen LogP) is 5.66. The number of carboxylic acid groups (broad SMARTS) is 1. The van der Waals surface area contributed by atoms with Crippen LogP contribution in [-0.2, 0) is 4.74 Å². The van der Waals surface area contributed by atoms with Crippen LogP contribution in [0.1, 0.15) is 52.4 Å². The van der Waals surface area contributed by atoms with Gasteiger partial charge in [-0.2, -0.15) is 0 Å². The van der Waals surface area contributed by atoms with Gasteiger partial charge in [0.1, 0.15) is 11.1 Å². The highest BCUT2D eigenvalue weighted by molar-refractivity contribution is 6.05. The first-order chi connectivity index (χ1) is 15.0. The lowest BCUT2D eigenvalue weighted by Crippen LogP contribution is -2.11. The molecule has 0 unspecified atom stereocenters. The fourth-order valence-electron chi connectivity index (χ4n) is 4.48. The van der Waals surface area contributed by atoms with Crippen molar-refractivity contribution in [2.75, 3.05) is 18.5 Å². The Kier molecular flexibility index (Phi) is 4.87. The van der Waals surface area contributed by atoms with E-state index < -0.39 is 5.97 Å².